The van der Waals surface area contributed by atoms with Crippen molar-refractivity contribution in [2.75, 3.05) is 44.1 Å². The quantitative estimate of drug-likeness (QED) is 0.788. The molecule has 0 spiro atoms. The highest BCUT2D eigenvalue weighted by molar-refractivity contribution is 7.99. The lowest BCUT2D eigenvalue weighted by molar-refractivity contribution is -0.130. The minimum Gasteiger partial charge on any atom is -0.497 e. The maximum Gasteiger partial charge on any atom is 0.321 e. The number of hydrogen-bond acceptors (Lipinski definition) is 4. The molecule has 6 nitrogen and oxygen atoms in total. The van der Waals surface area contributed by atoms with Gasteiger partial charge in [0.05, 0.1) is 13.5 Å². The van der Waals surface area contributed by atoms with Crippen LogP contribution in [0.1, 0.15) is 11.1 Å². The first-order valence-corrected chi connectivity index (χ1v) is 10.8. The van der Waals surface area contributed by atoms with Crippen LogP contribution in [0.5, 0.6) is 5.75 Å². The molecule has 0 saturated carbocycles. The number of urea groups is 1. The summed E-state index contributed by atoms with van der Waals surface area (Å²) >= 11 is 1.89. The van der Waals surface area contributed by atoms with Gasteiger partial charge in [0.2, 0.25) is 5.91 Å². The molecule has 1 heterocycles. The van der Waals surface area contributed by atoms with E-state index in [1.54, 1.807) is 19.1 Å². The number of anilines is 1. The van der Waals surface area contributed by atoms with Gasteiger partial charge < -0.3 is 19.9 Å². The van der Waals surface area contributed by atoms with E-state index >= 15 is 0 Å². The number of benzene rings is 2. The number of nitrogens with one attached hydrogen (secondary N) is 1. The number of nitrogens with zero attached hydrogens (tertiary/aromatic N) is 2. The number of carbonyl (C=O) groups excluding carboxylic acids is 2. The number of carbonyl (C=O) groups is 2. The van der Waals surface area contributed by atoms with Gasteiger partial charge in [-0.2, -0.15) is 11.8 Å². The Morgan fingerprint density at radius 2 is 1.66 bits per heavy atom. The number of rotatable bonds is 6. The van der Waals surface area contributed by atoms with Crippen LogP contribution in [0.15, 0.2) is 48.5 Å². The number of hydrogen-bond donors (Lipinski definition) is 1. The Hall–Kier alpha value is -2.67. The van der Waals surface area contributed by atoms with Crippen molar-refractivity contribution in [3.63, 3.8) is 0 Å². The average molecular weight is 414 g/mol. The van der Waals surface area contributed by atoms with Gasteiger partial charge in [0.25, 0.3) is 0 Å². The third-order valence-electron chi connectivity index (χ3n) is 4.85. The van der Waals surface area contributed by atoms with Gasteiger partial charge in [-0.3, -0.25) is 4.79 Å². The second kappa shape index (κ2) is 10.2. The van der Waals surface area contributed by atoms with Crippen molar-refractivity contribution < 1.29 is 14.3 Å². The lowest BCUT2D eigenvalue weighted by Crippen LogP contribution is -2.38. The molecular formula is C22H27N3O3S. The summed E-state index contributed by atoms with van der Waals surface area (Å²) in [5.74, 6) is 2.99. The van der Waals surface area contributed by atoms with Crippen molar-refractivity contribution in [2.45, 2.75) is 13.0 Å². The molecule has 2 aromatic carbocycles. The molecule has 3 amide bonds. The normalized spacial score (nSPS) is 13.7. The molecule has 1 N–H and O–H groups in total. The summed E-state index contributed by atoms with van der Waals surface area (Å²) in [7, 11) is 3.38. The van der Waals surface area contributed by atoms with Crippen molar-refractivity contribution in [3.05, 3.63) is 59.7 Å². The van der Waals surface area contributed by atoms with E-state index in [1.807, 2.05) is 65.2 Å². The molecule has 0 atom stereocenters. The van der Waals surface area contributed by atoms with Crippen molar-refractivity contribution in [3.8, 4) is 5.75 Å². The fraction of sp³-hybridized carbons (Fsp3) is 0.364. The Morgan fingerprint density at radius 3 is 2.28 bits per heavy atom. The standard InChI is InChI=1S/C22H27N3O3S/c1-24(16-18-5-9-20(28-2)10-6-18)22(27)23-19-7-3-17(4-8-19)15-21(26)25-11-13-29-14-12-25/h3-10H,11-16H2,1-2H3,(H,23,27). The van der Waals surface area contributed by atoms with Gasteiger partial charge in [-0.25, -0.2) is 4.79 Å². The molecule has 7 heteroatoms. The number of thioether (sulfide) groups is 1. The van der Waals surface area contributed by atoms with Crippen LogP contribution in [0.25, 0.3) is 0 Å². The topological polar surface area (TPSA) is 61.9 Å². The molecule has 0 bridgehead atoms. The van der Waals surface area contributed by atoms with Crippen LogP contribution in [0.3, 0.4) is 0 Å². The molecular weight excluding hydrogens is 386 g/mol. The highest BCUT2D eigenvalue weighted by Crippen LogP contribution is 2.16. The second-order valence-electron chi connectivity index (χ2n) is 7.00. The summed E-state index contributed by atoms with van der Waals surface area (Å²) in [6.07, 6.45) is 0.399. The van der Waals surface area contributed by atoms with Gasteiger partial charge in [0.1, 0.15) is 5.75 Å². The van der Waals surface area contributed by atoms with E-state index in [2.05, 4.69) is 5.32 Å². The van der Waals surface area contributed by atoms with E-state index in [9.17, 15) is 9.59 Å². The SMILES string of the molecule is COc1ccc(CN(C)C(=O)Nc2ccc(CC(=O)N3CCSCC3)cc2)cc1. The molecule has 0 radical (unpaired) electrons. The first kappa shape index (κ1) is 21.0. The third kappa shape index (κ3) is 6.15. The van der Waals surface area contributed by atoms with Crippen LogP contribution in [0.4, 0.5) is 10.5 Å². The highest BCUT2D eigenvalue weighted by atomic mass is 32.2. The molecule has 154 valence electrons. The molecule has 29 heavy (non-hydrogen) atoms. The fourth-order valence-electron chi connectivity index (χ4n) is 3.10. The minimum absolute atomic E-state index is 0.168. The molecule has 0 unspecified atom stereocenters. The van der Waals surface area contributed by atoms with Crippen LogP contribution in [0, 0.1) is 0 Å². The van der Waals surface area contributed by atoms with Crippen molar-refractivity contribution in [1.29, 1.82) is 0 Å². The van der Waals surface area contributed by atoms with Gasteiger partial charge in [0.15, 0.2) is 0 Å². The first-order chi connectivity index (χ1) is 14.0. The van der Waals surface area contributed by atoms with Crippen LogP contribution >= 0.6 is 11.8 Å². The molecule has 0 aromatic heterocycles. The zero-order chi connectivity index (χ0) is 20.6. The predicted octanol–water partition coefficient (Wildman–Crippen LogP) is 3.48. The van der Waals surface area contributed by atoms with Crippen molar-refractivity contribution in [1.82, 2.24) is 9.80 Å². The lowest BCUT2D eigenvalue weighted by atomic mass is 10.1. The summed E-state index contributed by atoms with van der Waals surface area (Å²) in [6, 6.07) is 14.9. The molecule has 1 aliphatic heterocycles. The number of methoxy groups -OCH3 is 1. The van der Waals surface area contributed by atoms with E-state index in [0.29, 0.717) is 18.7 Å². The van der Waals surface area contributed by atoms with Gasteiger partial charge in [0, 0.05) is 43.9 Å². The Balaban J connectivity index is 1.50. The molecule has 1 saturated heterocycles. The molecule has 1 fully saturated rings. The van der Waals surface area contributed by atoms with Gasteiger partial charge in [-0.1, -0.05) is 24.3 Å². The Morgan fingerprint density at radius 1 is 1.03 bits per heavy atom. The molecule has 0 aliphatic carbocycles. The Kier molecular flexibility index (Phi) is 7.41. The summed E-state index contributed by atoms with van der Waals surface area (Å²) in [4.78, 5) is 28.4. The minimum atomic E-state index is -0.185. The second-order valence-corrected chi connectivity index (χ2v) is 8.23. The van der Waals surface area contributed by atoms with Crippen LogP contribution < -0.4 is 10.1 Å². The predicted molar refractivity (Wildman–Crippen MR) is 118 cm³/mol. The smallest absolute Gasteiger partial charge is 0.321 e. The van der Waals surface area contributed by atoms with E-state index in [1.165, 1.54) is 0 Å². The van der Waals surface area contributed by atoms with E-state index in [-0.39, 0.29) is 11.9 Å². The first-order valence-electron chi connectivity index (χ1n) is 9.64. The highest BCUT2D eigenvalue weighted by Gasteiger charge is 2.17. The van der Waals surface area contributed by atoms with Crippen LogP contribution in [0.2, 0.25) is 0 Å². The Labute approximate surface area is 176 Å². The number of ether oxygens (including phenoxy) is 1. The molecule has 1 aliphatic rings. The largest absolute Gasteiger partial charge is 0.497 e. The van der Waals surface area contributed by atoms with Crippen LogP contribution in [-0.4, -0.2) is 60.5 Å². The monoisotopic (exact) mass is 413 g/mol. The molecule has 2 aromatic rings. The number of amides is 3. The summed E-state index contributed by atoms with van der Waals surface area (Å²) in [6.45, 7) is 2.16. The average Bonchev–Trinajstić information content (AvgIpc) is 2.76. The van der Waals surface area contributed by atoms with Crippen molar-refractivity contribution in [2.24, 2.45) is 0 Å². The van der Waals surface area contributed by atoms with E-state index in [0.717, 1.165) is 41.5 Å². The van der Waals surface area contributed by atoms with Crippen LogP contribution in [-0.2, 0) is 17.8 Å². The summed E-state index contributed by atoms with van der Waals surface area (Å²) in [5.41, 5.74) is 2.69. The van der Waals surface area contributed by atoms with Gasteiger partial charge in [-0.15, -0.1) is 0 Å². The zero-order valence-corrected chi connectivity index (χ0v) is 17.7. The molecule has 3 rings (SSSR count). The van der Waals surface area contributed by atoms with Gasteiger partial charge >= 0.3 is 6.03 Å². The van der Waals surface area contributed by atoms with E-state index in [4.69, 9.17) is 4.74 Å². The fourth-order valence-corrected chi connectivity index (χ4v) is 4.00. The third-order valence-corrected chi connectivity index (χ3v) is 5.79. The maximum atomic E-state index is 12.4. The Bertz CT molecular complexity index is 818. The zero-order valence-electron chi connectivity index (χ0n) is 16.9. The van der Waals surface area contributed by atoms with E-state index < -0.39 is 0 Å². The summed E-state index contributed by atoms with van der Waals surface area (Å²) in [5, 5.41) is 2.89. The van der Waals surface area contributed by atoms with Gasteiger partial charge in [-0.05, 0) is 35.4 Å². The van der Waals surface area contributed by atoms with Crippen molar-refractivity contribution >= 4 is 29.4 Å². The summed E-state index contributed by atoms with van der Waals surface area (Å²) < 4.78 is 5.15. The maximum absolute atomic E-state index is 12.4. The lowest BCUT2D eigenvalue weighted by Gasteiger charge is -2.26.